The van der Waals surface area contributed by atoms with Gasteiger partial charge < -0.3 is 5.32 Å². The molecule has 0 radical (unpaired) electrons. The predicted molar refractivity (Wildman–Crippen MR) is 58.7 cm³/mol. The summed E-state index contributed by atoms with van der Waals surface area (Å²) in [5, 5.41) is 7.88. The molecule has 3 N–H and O–H groups in total. The lowest BCUT2D eigenvalue weighted by Gasteiger charge is -2.06. The quantitative estimate of drug-likeness (QED) is 0.683. The standard InChI is InChI=1S/C9H15N3O2S/c1-8-6-11-3-2-9(8)7-12-4-5-15(10,13)14/h2-3,6,12H,4-5,7H2,1H3,(H2,10,13,14). The van der Waals surface area contributed by atoms with Gasteiger partial charge in [0.2, 0.25) is 10.0 Å². The molecule has 15 heavy (non-hydrogen) atoms. The van der Waals surface area contributed by atoms with Crippen LogP contribution in [0.2, 0.25) is 0 Å². The molecule has 0 saturated heterocycles. The number of nitrogens with zero attached hydrogens (tertiary/aromatic N) is 1. The van der Waals surface area contributed by atoms with Crippen molar-refractivity contribution in [2.45, 2.75) is 13.5 Å². The number of aryl methyl sites for hydroxylation is 1. The SMILES string of the molecule is Cc1cnccc1CNCCS(N)(=O)=O. The maximum absolute atomic E-state index is 10.6. The summed E-state index contributed by atoms with van der Waals surface area (Å²) in [6.07, 6.45) is 3.49. The van der Waals surface area contributed by atoms with Gasteiger partial charge in [-0.05, 0) is 24.1 Å². The fraction of sp³-hybridized carbons (Fsp3) is 0.444. The molecular weight excluding hydrogens is 214 g/mol. The van der Waals surface area contributed by atoms with Gasteiger partial charge in [-0.15, -0.1) is 0 Å². The van der Waals surface area contributed by atoms with Gasteiger partial charge in [0.1, 0.15) is 0 Å². The number of hydrogen-bond donors (Lipinski definition) is 2. The molecule has 0 unspecified atom stereocenters. The van der Waals surface area contributed by atoms with Crippen molar-refractivity contribution in [3.8, 4) is 0 Å². The van der Waals surface area contributed by atoms with Crippen LogP contribution in [-0.2, 0) is 16.6 Å². The monoisotopic (exact) mass is 229 g/mol. The third-order valence-corrected chi connectivity index (χ3v) is 2.79. The highest BCUT2D eigenvalue weighted by Crippen LogP contribution is 2.03. The maximum Gasteiger partial charge on any atom is 0.210 e. The number of primary sulfonamides is 1. The molecule has 0 amide bonds. The molecule has 84 valence electrons. The maximum atomic E-state index is 10.6. The van der Waals surface area contributed by atoms with E-state index in [2.05, 4.69) is 10.3 Å². The second kappa shape index (κ2) is 5.20. The Bertz CT molecular complexity index is 417. The van der Waals surface area contributed by atoms with Crippen LogP contribution in [0.3, 0.4) is 0 Å². The summed E-state index contributed by atoms with van der Waals surface area (Å²) < 4.78 is 21.3. The van der Waals surface area contributed by atoms with Crippen molar-refractivity contribution in [1.29, 1.82) is 0 Å². The molecule has 0 aromatic carbocycles. The number of pyridine rings is 1. The van der Waals surface area contributed by atoms with Crippen molar-refractivity contribution in [2.24, 2.45) is 5.14 Å². The minimum Gasteiger partial charge on any atom is -0.312 e. The number of rotatable bonds is 5. The molecule has 0 aliphatic heterocycles. The van der Waals surface area contributed by atoms with E-state index in [9.17, 15) is 8.42 Å². The molecule has 0 aliphatic carbocycles. The minimum atomic E-state index is -3.36. The third-order valence-electron chi connectivity index (χ3n) is 2.02. The van der Waals surface area contributed by atoms with Gasteiger partial charge in [0, 0.05) is 25.5 Å². The Balaban J connectivity index is 2.36. The van der Waals surface area contributed by atoms with Crippen LogP contribution < -0.4 is 10.5 Å². The number of sulfonamides is 1. The highest BCUT2D eigenvalue weighted by atomic mass is 32.2. The number of hydrogen-bond acceptors (Lipinski definition) is 4. The van der Waals surface area contributed by atoms with Gasteiger partial charge in [0.05, 0.1) is 5.75 Å². The fourth-order valence-electron chi connectivity index (χ4n) is 1.14. The Morgan fingerprint density at radius 3 is 2.87 bits per heavy atom. The topological polar surface area (TPSA) is 85.1 Å². The molecule has 1 rings (SSSR count). The number of nitrogens with two attached hydrogens (primary N) is 1. The van der Waals surface area contributed by atoms with Crippen molar-refractivity contribution < 1.29 is 8.42 Å². The van der Waals surface area contributed by atoms with Crippen molar-refractivity contribution in [2.75, 3.05) is 12.3 Å². The van der Waals surface area contributed by atoms with Gasteiger partial charge in [-0.3, -0.25) is 4.98 Å². The van der Waals surface area contributed by atoms with Gasteiger partial charge >= 0.3 is 0 Å². The summed E-state index contributed by atoms with van der Waals surface area (Å²) in [5.74, 6) is -0.0445. The van der Waals surface area contributed by atoms with Crippen LogP contribution in [0.15, 0.2) is 18.5 Å². The van der Waals surface area contributed by atoms with E-state index in [0.29, 0.717) is 13.1 Å². The molecule has 0 atom stereocenters. The summed E-state index contributed by atoms with van der Waals surface area (Å²) >= 11 is 0. The molecular formula is C9H15N3O2S. The lowest BCUT2D eigenvalue weighted by molar-refractivity contribution is 0.592. The zero-order valence-electron chi connectivity index (χ0n) is 8.60. The highest BCUT2D eigenvalue weighted by molar-refractivity contribution is 7.89. The summed E-state index contributed by atoms with van der Waals surface area (Å²) in [6.45, 7) is 2.95. The van der Waals surface area contributed by atoms with Crippen molar-refractivity contribution in [3.05, 3.63) is 29.6 Å². The summed E-state index contributed by atoms with van der Waals surface area (Å²) in [5.41, 5.74) is 2.19. The van der Waals surface area contributed by atoms with E-state index in [0.717, 1.165) is 11.1 Å². The average molecular weight is 229 g/mol. The highest BCUT2D eigenvalue weighted by Gasteiger charge is 2.02. The Morgan fingerprint density at radius 2 is 2.27 bits per heavy atom. The molecule has 6 heteroatoms. The van der Waals surface area contributed by atoms with Crippen molar-refractivity contribution >= 4 is 10.0 Å². The van der Waals surface area contributed by atoms with E-state index in [1.165, 1.54) is 0 Å². The second-order valence-corrected chi connectivity index (χ2v) is 5.08. The van der Waals surface area contributed by atoms with Crippen molar-refractivity contribution in [1.82, 2.24) is 10.3 Å². The van der Waals surface area contributed by atoms with Gasteiger partial charge in [-0.25, -0.2) is 13.6 Å². The summed E-state index contributed by atoms with van der Waals surface area (Å²) in [4.78, 5) is 3.97. The predicted octanol–water partition coefficient (Wildman–Crippen LogP) is -0.232. The second-order valence-electron chi connectivity index (χ2n) is 3.35. The Hall–Kier alpha value is -0.980. The zero-order chi connectivity index (χ0) is 11.3. The van der Waals surface area contributed by atoms with Gasteiger partial charge in [-0.2, -0.15) is 0 Å². The summed E-state index contributed by atoms with van der Waals surface area (Å²) in [6, 6.07) is 1.90. The fourth-order valence-corrected chi connectivity index (χ4v) is 1.57. The molecule has 1 aromatic heterocycles. The molecule has 5 nitrogen and oxygen atoms in total. The van der Waals surface area contributed by atoms with Crippen LogP contribution in [-0.4, -0.2) is 25.7 Å². The Morgan fingerprint density at radius 1 is 1.53 bits per heavy atom. The normalized spacial score (nSPS) is 11.6. The summed E-state index contributed by atoms with van der Waals surface area (Å²) in [7, 11) is -3.36. The molecule has 1 heterocycles. The molecule has 0 fully saturated rings. The number of aromatic nitrogens is 1. The molecule has 0 spiro atoms. The molecule has 1 aromatic rings. The van der Waals surface area contributed by atoms with Crippen molar-refractivity contribution in [3.63, 3.8) is 0 Å². The largest absolute Gasteiger partial charge is 0.312 e. The molecule has 0 aliphatic rings. The van der Waals surface area contributed by atoms with Crippen LogP contribution >= 0.6 is 0 Å². The zero-order valence-corrected chi connectivity index (χ0v) is 9.42. The lowest BCUT2D eigenvalue weighted by Crippen LogP contribution is -2.27. The van der Waals surface area contributed by atoms with Gasteiger partial charge in [0.15, 0.2) is 0 Å². The van der Waals surface area contributed by atoms with Gasteiger partial charge in [-0.1, -0.05) is 0 Å². The van der Waals surface area contributed by atoms with Crippen LogP contribution in [0.4, 0.5) is 0 Å². The average Bonchev–Trinajstić information content (AvgIpc) is 2.13. The van der Waals surface area contributed by atoms with E-state index in [-0.39, 0.29) is 5.75 Å². The first-order valence-corrected chi connectivity index (χ1v) is 6.31. The van der Waals surface area contributed by atoms with Gasteiger partial charge in [0.25, 0.3) is 0 Å². The van der Waals surface area contributed by atoms with Crippen LogP contribution in [0, 0.1) is 6.92 Å². The smallest absolute Gasteiger partial charge is 0.210 e. The Labute approximate surface area is 89.8 Å². The third kappa shape index (κ3) is 4.87. The number of nitrogens with one attached hydrogen (secondary N) is 1. The van der Waals surface area contributed by atoms with E-state index < -0.39 is 10.0 Å². The van der Waals surface area contributed by atoms with Crippen LogP contribution in [0.25, 0.3) is 0 Å². The van der Waals surface area contributed by atoms with E-state index >= 15 is 0 Å². The first-order chi connectivity index (χ1) is 6.99. The first-order valence-electron chi connectivity index (χ1n) is 4.60. The van der Waals surface area contributed by atoms with Crippen LogP contribution in [0.1, 0.15) is 11.1 Å². The molecule has 0 bridgehead atoms. The van der Waals surface area contributed by atoms with E-state index in [1.54, 1.807) is 12.4 Å². The Kier molecular flexibility index (Phi) is 4.19. The van der Waals surface area contributed by atoms with E-state index in [1.807, 2.05) is 13.0 Å². The van der Waals surface area contributed by atoms with Crippen LogP contribution in [0.5, 0.6) is 0 Å². The first kappa shape index (κ1) is 12.1. The minimum absolute atomic E-state index is 0.0445. The lowest BCUT2D eigenvalue weighted by atomic mass is 10.1. The van der Waals surface area contributed by atoms with E-state index in [4.69, 9.17) is 5.14 Å². The molecule has 0 saturated carbocycles.